The van der Waals surface area contributed by atoms with Crippen molar-refractivity contribution in [1.29, 1.82) is 0 Å². The molecule has 5 nitrogen and oxygen atoms in total. The van der Waals surface area contributed by atoms with Gasteiger partial charge in [0, 0.05) is 6.42 Å². The van der Waals surface area contributed by atoms with Gasteiger partial charge in [0.25, 0.3) is 0 Å². The van der Waals surface area contributed by atoms with Gasteiger partial charge >= 0.3 is 0 Å². The Morgan fingerprint density at radius 3 is 2.64 bits per heavy atom. The van der Waals surface area contributed by atoms with Gasteiger partial charge in [-0.05, 0) is 93.1 Å². The van der Waals surface area contributed by atoms with Crippen LogP contribution in [-0.2, 0) is 9.84 Å². The molecule has 7 atom stereocenters. The Kier molecular flexibility index (Phi) is 6.98. The second-order valence-corrected chi connectivity index (χ2v) is 14.5. The van der Waals surface area contributed by atoms with E-state index in [1.807, 2.05) is 19.9 Å². The highest BCUT2D eigenvalue weighted by atomic mass is 32.2. The van der Waals surface area contributed by atoms with Crippen molar-refractivity contribution < 1.29 is 23.7 Å². The first-order valence-corrected chi connectivity index (χ1v) is 14.8. The second kappa shape index (κ2) is 9.07. The maximum atomic E-state index is 13.1. The molecule has 0 saturated heterocycles. The molecule has 1 aliphatic heterocycles. The Hall–Kier alpha value is -0.690. The fourth-order valence-corrected chi connectivity index (χ4v) is 9.82. The van der Waals surface area contributed by atoms with Crippen LogP contribution in [0, 0.1) is 23.2 Å². The molecule has 3 aliphatic carbocycles. The van der Waals surface area contributed by atoms with Crippen molar-refractivity contribution in [3.05, 3.63) is 22.8 Å². The SMILES string of the molecule is C[C@H](CCCC(C)(C)O)[C@H]1CC[C@H]2/C(=C/[C@@H]3C4=C(CS3(=O)=O)[C@@H](O)C[C@H](O)C4)CCC[C@]12C. The first kappa shape index (κ1) is 25.4. The van der Waals surface area contributed by atoms with Crippen LogP contribution in [0.5, 0.6) is 0 Å². The maximum absolute atomic E-state index is 13.1. The number of hydrogen-bond donors (Lipinski definition) is 3. The minimum absolute atomic E-state index is 0.0620. The highest BCUT2D eigenvalue weighted by Gasteiger charge is 2.51. The highest BCUT2D eigenvalue weighted by molar-refractivity contribution is 7.92. The Morgan fingerprint density at radius 2 is 1.94 bits per heavy atom. The van der Waals surface area contributed by atoms with Crippen molar-refractivity contribution in [3.63, 3.8) is 0 Å². The fourth-order valence-electron chi connectivity index (χ4n) is 7.76. The Morgan fingerprint density at radius 1 is 1.21 bits per heavy atom. The van der Waals surface area contributed by atoms with Crippen molar-refractivity contribution >= 4 is 9.84 Å². The van der Waals surface area contributed by atoms with E-state index in [2.05, 4.69) is 13.8 Å². The minimum atomic E-state index is -3.37. The largest absolute Gasteiger partial charge is 0.393 e. The summed E-state index contributed by atoms with van der Waals surface area (Å²) in [6.07, 6.45) is 9.67. The zero-order valence-corrected chi connectivity index (χ0v) is 21.7. The molecule has 0 unspecified atom stereocenters. The molecule has 0 bridgehead atoms. The van der Waals surface area contributed by atoms with Gasteiger partial charge in [0.15, 0.2) is 9.84 Å². The van der Waals surface area contributed by atoms with Crippen LogP contribution in [0.25, 0.3) is 0 Å². The molecular formula is C27H44O5S. The molecule has 3 N–H and O–H groups in total. The molecule has 6 heteroatoms. The summed E-state index contributed by atoms with van der Waals surface area (Å²) in [5, 5.41) is 30.0. The highest BCUT2D eigenvalue weighted by Crippen LogP contribution is 2.60. The quantitative estimate of drug-likeness (QED) is 0.492. The van der Waals surface area contributed by atoms with E-state index in [0.717, 1.165) is 44.1 Å². The second-order valence-electron chi connectivity index (χ2n) is 12.4. The third-order valence-electron chi connectivity index (χ3n) is 9.39. The van der Waals surface area contributed by atoms with Gasteiger partial charge in [0.2, 0.25) is 0 Å². The summed E-state index contributed by atoms with van der Waals surface area (Å²) in [7, 11) is -3.37. The van der Waals surface area contributed by atoms with Crippen LogP contribution in [0.3, 0.4) is 0 Å². The van der Waals surface area contributed by atoms with E-state index in [1.54, 1.807) is 0 Å². The predicted octanol–water partition coefficient (Wildman–Crippen LogP) is 4.32. The lowest BCUT2D eigenvalue weighted by Gasteiger charge is -2.45. The first-order valence-electron chi connectivity index (χ1n) is 13.0. The number of fused-ring (bicyclic) bond motifs is 1. The molecule has 1 heterocycles. The average molecular weight is 481 g/mol. The lowest BCUT2D eigenvalue weighted by Crippen LogP contribution is -2.36. The number of aliphatic hydroxyl groups excluding tert-OH is 2. The summed E-state index contributed by atoms with van der Waals surface area (Å²) < 4.78 is 26.2. The van der Waals surface area contributed by atoms with Gasteiger partial charge in [-0.2, -0.15) is 0 Å². The zero-order valence-electron chi connectivity index (χ0n) is 20.9. The van der Waals surface area contributed by atoms with E-state index < -0.39 is 32.9 Å². The van der Waals surface area contributed by atoms with Crippen LogP contribution < -0.4 is 0 Å². The normalized spacial score (nSPS) is 40.7. The van der Waals surface area contributed by atoms with E-state index in [0.29, 0.717) is 29.7 Å². The van der Waals surface area contributed by atoms with Crippen molar-refractivity contribution in [2.45, 2.75) is 115 Å². The van der Waals surface area contributed by atoms with Crippen LogP contribution >= 0.6 is 0 Å². The van der Waals surface area contributed by atoms with Gasteiger partial charge in [-0.25, -0.2) is 8.42 Å². The van der Waals surface area contributed by atoms with Crippen LogP contribution in [0.1, 0.15) is 91.9 Å². The topological polar surface area (TPSA) is 94.8 Å². The van der Waals surface area contributed by atoms with Crippen molar-refractivity contribution in [2.24, 2.45) is 23.2 Å². The van der Waals surface area contributed by atoms with Crippen LogP contribution in [0.15, 0.2) is 22.8 Å². The molecule has 2 saturated carbocycles. The molecule has 0 aromatic heterocycles. The fraction of sp³-hybridized carbons (Fsp3) is 0.852. The number of sulfone groups is 1. The Balaban J connectivity index is 1.55. The monoisotopic (exact) mass is 480 g/mol. The summed E-state index contributed by atoms with van der Waals surface area (Å²) in [5.74, 6) is 1.58. The molecule has 0 aromatic rings. The number of allylic oxidation sites excluding steroid dienone is 1. The molecule has 2 fully saturated rings. The third kappa shape index (κ3) is 5.00. The average Bonchev–Trinajstić information content (AvgIpc) is 3.16. The summed E-state index contributed by atoms with van der Waals surface area (Å²) in [6, 6.07) is 0. The van der Waals surface area contributed by atoms with Gasteiger partial charge in [-0.15, -0.1) is 0 Å². The summed E-state index contributed by atoms with van der Waals surface area (Å²) in [4.78, 5) is 0. The van der Waals surface area contributed by atoms with Crippen LogP contribution in [0.4, 0.5) is 0 Å². The summed E-state index contributed by atoms with van der Waals surface area (Å²) in [6.45, 7) is 8.55. The van der Waals surface area contributed by atoms with Gasteiger partial charge in [0.05, 0.1) is 23.6 Å². The zero-order chi connectivity index (χ0) is 24.2. The molecule has 33 heavy (non-hydrogen) atoms. The van der Waals surface area contributed by atoms with Crippen LogP contribution in [0.2, 0.25) is 0 Å². The van der Waals surface area contributed by atoms with E-state index >= 15 is 0 Å². The van der Waals surface area contributed by atoms with Gasteiger partial charge in [0.1, 0.15) is 5.25 Å². The molecule has 4 aliphatic rings. The third-order valence-corrected chi connectivity index (χ3v) is 11.3. The smallest absolute Gasteiger partial charge is 0.164 e. The lowest BCUT2D eigenvalue weighted by molar-refractivity contribution is 0.0596. The molecule has 0 radical (unpaired) electrons. The van der Waals surface area contributed by atoms with Crippen molar-refractivity contribution in [1.82, 2.24) is 0 Å². The van der Waals surface area contributed by atoms with Gasteiger partial charge in [-0.1, -0.05) is 38.3 Å². The van der Waals surface area contributed by atoms with Crippen molar-refractivity contribution in [2.75, 3.05) is 5.75 Å². The lowest BCUT2D eigenvalue weighted by atomic mass is 9.60. The van der Waals surface area contributed by atoms with E-state index in [1.165, 1.54) is 18.4 Å². The molecule has 0 spiro atoms. The molecule has 188 valence electrons. The number of hydrogen-bond acceptors (Lipinski definition) is 5. The Bertz CT molecular complexity index is 911. The molecule has 4 rings (SSSR count). The van der Waals surface area contributed by atoms with Gasteiger partial charge < -0.3 is 15.3 Å². The minimum Gasteiger partial charge on any atom is -0.393 e. The molecular weight excluding hydrogens is 436 g/mol. The van der Waals surface area contributed by atoms with Gasteiger partial charge in [-0.3, -0.25) is 0 Å². The van der Waals surface area contributed by atoms with E-state index in [4.69, 9.17) is 0 Å². The molecule has 0 aromatic carbocycles. The summed E-state index contributed by atoms with van der Waals surface area (Å²) >= 11 is 0. The van der Waals surface area contributed by atoms with E-state index in [9.17, 15) is 23.7 Å². The first-order chi connectivity index (χ1) is 15.3. The Labute approximate surface area is 200 Å². The maximum Gasteiger partial charge on any atom is 0.164 e. The number of aliphatic hydroxyl groups is 3. The summed E-state index contributed by atoms with van der Waals surface area (Å²) in [5.41, 5.74) is 2.29. The van der Waals surface area contributed by atoms with Crippen LogP contribution in [-0.4, -0.2) is 52.5 Å². The van der Waals surface area contributed by atoms with E-state index in [-0.39, 0.29) is 17.6 Å². The van der Waals surface area contributed by atoms with Crippen molar-refractivity contribution in [3.8, 4) is 0 Å². The standard InChI is InChI=1S/C27H44O5S/c1-17(7-5-11-26(2,3)30)22-9-10-23-18(8-6-12-27(22,23)4)13-25-20-14-19(28)15-24(29)21(20)16-33(25,31)32/h13,17,19,22-25,28-30H,5-12,14-16H2,1-4H3/b18-13+/t17-,19-,22-,23+,24+,25-,27-/m1/s1. The number of rotatable bonds is 6. The molecule has 0 amide bonds. The predicted molar refractivity (Wildman–Crippen MR) is 131 cm³/mol.